The van der Waals surface area contributed by atoms with Crippen molar-refractivity contribution in [3.63, 3.8) is 0 Å². The Morgan fingerprint density at radius 2 is 2.00 bits per heavy atom. The smallest absolute Gasteiger partial charge is 0.163 e. The van der Waals surface area contributed by atoms with Gasteiger partial charge in [-0.15, -0.1) is 0 Å². The molecular formula is C11H18O2Si. The average molecular weight is 210 g/mol. The number of rotatable bonds is 3. The van der Waals surface area contributed by atoms with Crippen LogP contribution in [-0.4, -0.2) is 21.0 Å². The minimum absolute atomic E-state index is 0.253. The fourth-order valence-corrected chi connectivity index (χ4v) is 3.28. The van der Waals surface area contributed by atoms with Crippen LogP contribution in [0.3, 0.4) is 0 Å². The molecule has 14 heavy (non-hydrogen) atoms. The third-order valence-electron chi connectivity index (χ3n) is 2.46. The van der Waals surface area contributed by atoms with Gasteiger partial charge in [-0.3, -0.25) is 0 Å². The molecule has 0 radical (unpaired) electrons. The summed E-state index contributed by atoms with van der Waals surface area (Å²) in [5.41, 5.74) is 1.18. The number of phenols is 1. The second kappa shape index (κ2) is 4.51. The van der Waals surface area contributed by atoms with Crippen LogP contribution in [0.25, 0.3) is 0 Å². The number of hydrogen-bond acceptors (Lipinski definition) is 2. The Labute approximate surface area is 87.1 Å². The number of aromatic hydroxyl groups is 1. The van der Waals surface area contributed by atoms with Crippen molar-refractivity contribution in [1.29, 1.82) is 0 Å². The van der Waals surface area contributed by atoms with Crippen LogP contribution < -0.4 is 9.92 Å². The largest absolute Gasteiger partial charge is 0.504 e. The fraction of sp³-hybridized carbons (Fsp3) is 0.455. The van der Waals surface area contributed by atoms with E-state index in [0.29, 0.717) is 5.75 Å². The maximum Gasteiger partial charge on any atom is 0.163 e. The van der Waals surface area contributed by atoms with Crippen LogP contribution in [0.15, 0.2) is 12.1 Å². The van der Waals surface area contributed by atoms with Crippen LogP contribution in [0.2, 0.25) is 13.1 Å². The molecule has 0 aliphatic carbocycles. The lowest BCUT2D eigenvalue weighted by Crippen LogP contribution is -2.26. The highest BCUT2D eigenvalue weighted by Gasteiger charge is 2.14. The Hall–Kier alpha value is -0.963. The standard InChI is InChI=1S/C11H18O2Si/c1-5-8-10(14(3)4)7-6-9(12)11(8)13-2/h6-7,12,14H,5H2,1-4H3. The summed E-state index contributed by atoms with van der Waals surface area (Å²) in [4.78, 5) is 0. The monoisotopic (exact) mass is 210 g/mol. The van der Waals surface area contributed by atoms with Gasteiger partial charge in [0.1, 0.15) is 0 Å². The van der Waals surface area contributed by atoms with Gasteiger partial charge in [-0.25, -0.2) is 0 Å². The molecule has 0 spiro atoms. The third kappa shape index (κ3) is 1.92. The summed E-state index contributed by atoms with van der Waals surface area (Å²) in [5, 5.41) is 11.0. The molecule has 0 fully saturated rings. The summed E-state index contributed by atoms with van der Waals surface area (Å²) in [7, 11) is 0.771. The predicted molar refractivity (Wildman–Crippen MR) is 62.5 cm³/mol. The van der Waals surface area contributed by atoms with Gasteiger partial charge in [0.25, 0.3) is 0 Å². The number of benzene rings is 1. The molecule has 2 nitrogen and oxygen atoms in total. The maximum absolute atomic E-state index is 9.62. The molecule has 0 atom stereocenters. The Balaban J connectivity index is 3.33. The van der Waals surface area contributed by atoms with Crippen LogP contribution in [0.1, 0.15) is 12.5 Å². The van der Waals surface area contributed by atoms with Crippen molar-refractivity contribution in [2.24, 2.45) is 0 Å². The van der Waals surface area contributed by atoms with E-state index in [1.807, 2.05) is 6.07 Å². The van der Waals surface area contributed by atoms with E-state index in [-0.39, 0.29) is 5.75 Å². The lowest BCUT2D eigenvalue weighted by molar-refractivity contribution is 0.370. The minimum atomic E-state index is -0.840. The van der Waals surface area contributed by atoms with Crippen LogP contribution in [0.4, 0.5) is 0 Å². The average Bonchev–Trinajstić information content (AvgIpc) is 2.16. The minimum Gasteiger partial charge on any atom is -0.504 e. The SMILES string of the molecule is CCc1c([SiH](C)C)ccc(O)c1OC. The van der Waals surface area contributed by atoms with Gasteiger partial charge < -0.3 is 9.84 Å². The van der Waals surface area contributed by atoms with Crippen molar-refractivity contribution in [3.05, 3.63) is 17.7 Å². The zero-order chi connectivity index (χ0) is 10.7. The molecule has 0 unspecified atom stereocenters. The van der Waals surface area contributed by atoms with Crippen molar-refractivity contribution >= 4 is 14.0 Å². The van der Waals surface area contributed by atoms with E-state index < -0.39 is 8.80 Å². The van der Waals surface area contributed by atoms with Crippen LogP contribution in [-0.2, 0) is 6.42 Å². The highest BCUT2D eigenvalue weighted by atomic mass is 28.3. The Morgan fingerprint density at radius 1 is 1.36 bits per heavy atom. The van der Waals surface area contributed by atoms with E-state index in [1.54, 1.807) is 13.2 Å². The summed E-state index contributed by atoms with van der Waals surface area (Å²) in [6.45, 7) is 6.66. The second-order valence-corrected chi connectivity index (χ2v) is 6.63. The molecule has 0 aliphatic heterocycles. The topological polar surface area (TPSA) is 29.5 Å². The number of hydrogen-bond donors (Lipinski definition) is 1. The molecule has 1 N–H and O–H groups in total. The van der Waals surface area contributed by atoms with Gasteiger partial charge in [-0.05, 0) is 18.1 Å². The highest BCUT2D eigenvalue weighted by Crippen LogP contribution is 2.28. The van der Waals surface area contributed by atoms with E-state index in [2.05, 4.69) is 20.0 Å². The molecule has 0 aromatic heterocycles. The van der Waals surface area contributed by atoms with Crippen molar-refractivity contribution < 1.29 is 9.84 Å². The predicted octanol–water partition coefficient (Wildman–Crippen LogP) is 1.66. The number of methoxy groups -OCH3 is 1. The zero-order valence-electron chi connectivity index (χ0n) is 9.29. The Kier molecular flexibility index (Phi) is 3.58. The first-order valence-corrected chi connectivity index (χ1v) is 7.89. The van der Waals surface area contributed by atoms with E-state index in [0.717, 1.165) is 6.42 Å². The van der Waals surface area contributed by atoms with Gasteiger partial charge in [0.2, 0.25) is 0 Å². The normalized spacial score (nSPS) is 10.6. The Bertz CT molecular complexity index is 321. The van der Waals surface area contributed by atoms with E-state index >= 15 is 0 Å². The molecule has 3 heteroatoms. The number of phenolic OH excluding ortho intramolecular Hbond substituents is 1. The first-order chi connectivity index (χ1) is 6.61. The van der Waals surface area contributed by atoms with Gasteiger partial charge in [-0.2, -0.15) is 0 Å². The molecule has 0 saturated carbocycles. The third-order valence-corrected chi connectivity index (χ3v) is 4.24. The van der Waals surface area contributed by atoms with E-state index in [4.69, 9.17) is 4.74 Å². The van der Waals surface area contributed by atoms with Gasteiger partial charge in [0.05, 0.1) is 15.9 Å². The summed E-state index contributed by atoms with van der Waals surface area (Å²) in [6, 6.07) is 3.77. The summed E-state index contributed by atoms with van der Waals surface area (Å²) < 4.78 is 5.23. The van der Waals surface area contributed by atoms with Crippen molar-refractivity contribution in [2.75, 3.05) is 7.11 Å². The molecule has 0 bridgehead atoms. The van der Waals surface area contributed by atoms with Gasteiger partial charge in [-0.1, -0.05) is 31.3 Å². The molecule has 1 aromatic rings. The quantitative estimate of drug-likeness (QED) is 0.769. The molecule has 1 aromatic carbocycles. The lowest BCUT2D eigenvalue weighted by Gasteiger charge is -2.15. The van der Waals surface area contributed by atoms with Crippen LogP contribution in [0.5, 0.6) is 11.5 Å². The molecule has 0 aliphatic rings. The maximum atomic E-state index is 9.62. The van der Waals surface area contributed by atoms with E-state index in [1.165, 1.54) is 10.8 Å². The zero-order valence-corrected chi connectivity index (χ0v) is 10.4. The molecule has 0 amide bonds. The lowest BCUT2D eigenvalue weighted by atomic mass is 10.1. The summed E-state index contributed by atoms with van der Waals surface area (Å²) in [6.07, 6.45) is 0.915. The summed E-state index contributed by atoms with van der Waals surface area (Å²) in [5.74, 6) is 0.911. The highest BCUT2D eigenvalue weighted by molar-refractivity contribution is 6.71. The first-order valence-electron chi connectivity index (χ1n) is 5.00. The second-order valence-electron chi connectivity index (χ2n) is 3.69. The van der Waals surface area contributed by atoms with Gasteiger partial charge in [0, 0.05) is 0 Å². The molecular weight excluding hydrogens is 192 g/mol. The van der Waals surface area contributed by atoms with Crippen molar-refractivity contribution in [2.45, 2.75) is 26.4 Å². The molecule has 0 saturated heterocycles. The Morgan fingerprint density at radius 3 is 2.43 bits per heavy atom. The van der Waals surface area contributed by atoms with Gasteiger partial charge >= 0.3 is 0 Å². The first kappa shape index (κ1) is 11.1. The number of ether oxygens (including phenoxy) is 1. The van der Waals surface area contributed by atoms with E-state index in [9.17, 15) is 5.11 Å². The molecule has 0 heterocycles. The van der Waals surface area contributed by atoms with Gasteiger partial charge in [0.15, 0.2) is 11.5 Å². The molecule has 78 valence electrons. The van der Waals surface area contributed by atoms with Crippen molar-refractivity contribution in [1.82, 2.24) is 0 Å². The summed E-state index contributed by atoms with van der Waals surface area (Å²) >= 11 is 0. The molecule has 1 rings (SSSR count). The van der Waals surface area contributed by atoms with Crippen LogP contribution in [0, 0.1) is 0 Å². The van der Waals surface area contributed by atoms with Crippen LogP contribution >= 0.6 is 0 Å². The fourth-order valence-electron chi connectivity index (χ4n) is 1.76. The van der Waals surface area contributed by atoms with Crippen molar-refractivity contribution in [3.8, 4) is 11.5 Å².